The molecule has 2 aromatic rings. The number of H-pyrrole nitrogens is 1. The molecule has 0 saturated carbocycles. The first kappa shape index (κ1) is 28.9. The van der Waals surface area contributed by atoms with Crippen molar-refractivity contribution in [2.75, 3.05) is 0 Å². The third kappa shape index (κ3) is 9.35. The van der Waals surface area contributed by atoms with E-state index in [1.54, 1.807) is 30.3 Å². The zero-order chi connectivity index (χ0) is 27.5. The lowest BCUT2D eigenvalue weighted by Gasteiger charge is -2.26. The average Bonchev–Trinajstić information content (AvgIpc) is 3.34. The smallest absolute Gasteiger partial charge is 0.326 e. The van der Waals surface area contributed by atoms with E-state index in [0.717, 1.165) is 0 Å². The molecule has 0 aliphatic rings. The Morgan fingerprint density at radius 2 is 1.59 bits per heavy atom. The summed E-state index contributed by atoms with van der Waals surface area (Å²) in [5.41, 5.74) is 7.07. The minimum atomic E-state index is -1.74. The molecule has 14 heteroatoms. The number of rotatable bonds is 14. The third-order valence-electron chi connectivity index (χ3n) is 5.30. The zero-order valence-corrected chi connectivity index (χ0v) is 20.0. The minimum Gasteiger partial charge on any atom is -0.481 e. The predicted octanol–water partition coefficient (Wildman–Crippen LogP) is -2.08. The summed E-state index contributed by atoms with van der Waals surface area (Å²) < 4.78 is 0. The van der Waals surface area contributed by atoms with Gasteiger partial charge in [0.1, 0.15) is 18.1 Å². The summed E-state index contributed by atoms with van der Waals surface area (Å²) in [6, 6.07) is 2.77. The van der Waals surface area contributed by atoms with Gasteiger partial charge in [-0.15, -0.1) is 0 Å². The standard InChI is InChI=1S/C23H30N6O8/c1-12(30)19(29-20(33)15(24)8-14-10-25-11-26-14)22(35)27-16(7-13-5-3-2-4-6-13)21(34)28-17(23(36)37)9-18(31)32/h2-6,10-12,15-17,19,30H,7-9,24H2,1H3,(H,25,26)(H,27,35)(H,28,34)(H,29,33)(H,31,32)(H,36,37). The lowest BCUT2D eigenvalue weighted by molar-refractivity contribution is -0.147. The fourth-order valence-corrected chi connectivity index (χ4v) is 3.36. The number of benzene rings is 1. The van der Waals surface area contributed by atoms with Crippen LogP contribution in [-0.2, 0) is 36.8 Å². The van der Waals surface area contributed by atoms with Gasteiger partial charge < -0.3 is 42.0 Å². The molecule has 0 aliphatic heterocycles. The van der Waals surface area contributed by atoms with E-state index >= 15 is 0 Å². The molecule has 14 nitrogen and oxygen atoms in total. The van der Waals surface area contributed by atoms with Crippen LogP contribution in [0.2, 0.25) is 0 Å². The number of aliphatic hydroxyl groups is 1. The van der Waals surface area contributed by atoms with Crippen molar-refractivity contribution in [3.05, 3.63) is 54.1 Å². The molecule has 1 heterocycles. The highest BCUT2D eigenvalue weighted by atomic mass is 16.4. The number of nitrogens with one attached hydrogen (secondary N) is 4. The van der Waals surface area contributed by atoms with Crippen LogP contribution >= 0.6 is 0 Å². The maximum Gasteiger partial charge on any atom is 0.326 e. The fraction of sp³-hybridized carbons (Fsp3) is 0.391. The van der Waals surface area contributed by atoms with Crippen LogP contribution in [0.1, 0.15) is 24.6 Å². The summed E-state index contributed by atoms with van der Waals surface area (Å²) in [4.78, 5) is 67.5. The summed E-state index contributed by atoms with van der Waals surface area (Å²) >= 11 is 0. The van der Waals surface area contributed by atoms with Crippen LogP contribution < -0.4 is 21.7 Å². The minimum absolute atomic E-state index is 0.0825. The van der Waals surface area contributed by atoms with Gasteiger partial charge in [-0.05, 0) is 12.5 Å². The van der Waals surface area contributed by atoms with Crippen LogP contribution in [-0.4, -0.2) is 85.2 Å². The number of amides is 3. The molecule has 1 aromatic carbocycles. The number of carbonyl (C=O) groups is 5. The van der Waals surface area contributed by atoms with Gasteiger partial charge in [0.05, 0.1) is 24.9 Å². The van der Waals surface area contributed by atoms with E-state index in [-0.39, 0.29) is 12.8 Å². The average molecular weight is 519 g/mol. The van der Waals surface area contributed by atoms with Gasteiger partial charge in [-0.1, -0.05) is 30.3 Å². The number of aliphatic carboxylic acids is 2. The number of aromatic amines is 1. The quantitative estimate of drug-likeness (QED) is 0.136. The van der Waals surface area contributed by atoms with Crippen LogP contribution in [0.3, 0.4) is 0 Å². The molecular formula is C23H30N6O8. The number of aliphatic hydroxyl groups excluding tert-OH is 1. The van der Waals surface area contributed by atoms with Crippen LogP contribution in [0.4, 0.5) is 0 Å². The molecule has 5 atom stereocenters. The Balaban J connectivity index is 2.17. The summed E-state index contributed by atoms with van der Waals surface area (Å²) in [5.74, 6) is -5.65. The van der Waals surface area contributed by atoms with Crippen LogP contribution in [0.15, 0.2) is 42.9 Å². The first-order valence-electron chi connectivity index (χ1n) is 11.3. The van der Waals surface area contributed by atoms with Crippen LogP contribution in [0, 0.1) is 0 Å². The number of carboxylic acid groups (broad SMARTS) is 2. The van der Waals surface area contributed by atoms with Gasteiger partial charge in [0.25, 0.3) is 0 Å². The van der Waals surface area contributed by atoms with Gasteiger partial charge in [-0.2, -0.15) is 0 Å². The van der Waals surface area contributed by atoms with Gasteiger partial charge >= 0.3 is 11.9 Å². The van der Waals surface area contributed by atoms with Gasteiger partial charge in [-0.25, -0.2) is 9.78 Å². The van der Waals surface area contributed by atoms with E-state index in [1.807, 2.05) is 0 Å². The van der Waals surface area contributed by atoms with Gasteiger partial charge in [0.15, 0.2) is 0 Å². The number of nitrogens with two attached hydrogens (primary N) is 1. The van der Waals surface area contributed by atoms with Crippen LogP contribution in [0.5, 0.6) is 0 Å². The molecule has 9 N–H and O–H groups in total. The monoisotopic (exact) mass is 518 g/mol. The number of aromatic nitrogens is 2. The van der Waals surface area contributed by atoms with E-state index in [1.165, 1.54) is 19.4 Å². The van der Waals surface area contributed by atoms with Crippen molar-refractivity contribution in [2.24, 2.45) is 5.73 Å². The highest BCUT2D eigenvalue weighted by Gasteiger charge is 2.33. The second kappa shape index (κ2) is 13.7. The van der Waals surface area contributed by atoms with Crippen molar-refractivity contribution in [1.82, 2.24) is 25.9 Å². The van der Waals surface area contributed by atoms with E-state index in [2.05, 4.69) is 25.9 Å². The van der Waals surface area contributed by atoms with Gasteiger partial charge in [-0.3, -0.25) is 19.2 Å². The van der Waals surface area contributed by atoms with E-state index in [4.69, 9.17) is 10.8 Å². The molecule has 0 radical (unpaired) electrons. The topological polar surface area (TPSA) is 237 Å². The molecule has 1 aromatic heterocycles. The van der Waals surface area contributed by atoms with Crippen molar-refractivity contribution < 1.29 is 39.3 Å². The lowest BCUT2D eigenvalue weighted by atomic mass is 10.0. The number of carboxylic acids is 2. The molecule has 37 heavy (non-hydrogen) atoms. The zero-order valence-electron chi connectivity index (χ0n) is 20.0. The Morgan fingerprint density at radius 1 is 0.946 bits per heavy atom. The van der Waals surface area contributed by atoms with E-state index in [0.29, 0.717) is 11.3 Å². The maximum absolute atomic E-state index is 13.0. The third-order valence-corrected chi connectivity index (χ3v) is 5.30. The second-order valence-corrected chi connectivity index (χ2v) is 8.36. The highest BCUT2D eigenvalue weighted by molar-refractivity contribution is 5.95. The summed E-state index contributed by atoms with van der Waals surface area (Å²) in [6.45, 7) is 1.25. The predicted molar refractivity (Wildman–Crippen MR) is 128 cm³/mol. The Bertz CT molecular complexity index is 1080. The molecule has 0 saturated heterocycles. The molecule has 2 rings (SSSR count). The number of imidazole rings is 1. The number of hydrogen-bond acceptors (Lipinski definition) is 8. The molecule has 0 fully saturated rings. The van der Waals surface area contributed by atoms with Gasteiger partial charge in [0.2, 0.25) is 17.7 Å². The lowest BCUT2D eigenvalue weighted by Crippen LogP contribution is -2.60. The SMILES string of the molecule is CC(O)C(NC(=O)C(N)Cc1cnc[nH]1)C(=O)NC(Cc1ccccc1)C(=O)NC(CC(=O)O)C(=O)O. The van der Waals surface area contributed by atoms with Crippen molar-refractivity contribution >= 4 is 29.7 Å². The Morgan fingerprint density at radius 3 is 2.14 bits per heavy atom. The number of carbonyl (C=O) groups excluding carboxylic acids is 3. The Labute approximate surface area is 211 Å². The largest absolute Gasteiger partial charge is 0.481 e. The molecule has 5 unspecified atom stereocenters. The first-order valence-corrected chi connectivity index (χ1v) is 11.3. The van der Waals surface area contributed by atoms with Crippen molar-refractivity contribution in [3.63, 3.8) is 0 Å². The molecule has 0 aliphatic carbocycles. The first-order chi connectivity index (χ1) is 17.5. The molecular weight excluding hydrogens is 488 g/mol. The summed E-state index contributed by atoms with van der Waals surface area (Å²) in [7, 11) is 0. The van der Waals surface area contributed by atoms with Crippen molar-refractivity contribution in [1.29, 1.82) is 0 Å². The Kier molecular flexibility index (Phi) is 10.7. The normalized spacial score (nSPS) is 14.9. The molecule has 3 amide bonds. The molecule has 0 bridgehead atoms. The number of nitrogens with zero attached hydrogens (tertiary/aromatic N) is 1. The summed E-state index contributed by atoms with van der Waals surface area (Å²) in [6.07, 6.45) is 0.621. The molecule has 200 valence electrons. The Hall–Kier alpha value is -4.30. The second-order valence-electron chi connectivity index (χ2n) is 8.36. The maximum atomic E-state index is 13.0. The van der Waals surface area contributed by atoms with Crippen LogP contribution in [0.25, 0.3) is 0 Å². The number of hydrogen-bond donors (Lipinski definition) is 8. The van der Waals surface area contributed by atoms with Gasteiger partial charge in [0, 0.05) is 24.7 Å². The van der Waals surface area contributed by atoms with Crippen molar-refractivity contribution in [3.8, 4) is 0 Å². The van der Waals surface area contributed by atoms with E-state index in [9.17, 15) is 34.2 Å². The van der Waals surface area contributed by atoms with Crippen molar-refractivity contribution in [2.45, 2.75) is 56.5 Å². The highest BCUT2D eigenvalue weighted by Crippen LogP contribution is 2.07. The molecule has 0 spiro atoms. The summed E-state index contributed by atoms with van der Waals surface area (Å²) in [5, 5.41) is 35.2. The van der Waals surface area contributed by atoms with E-state index < -0.39 is 66.4 Å². The fourth-order valence-electron chi connectivity index (χ4n) is 3.36.